The molecule has 5 nitrogen and oxygen atoms in total. The number of nitrogens with two attached hydrogens (primary N) is 1. The van der Waals surface area contributed by atoms with Crippen LogP contribution >= 0.6 is 0 Å². The second kappa shape index (κ2) is 4.59. The summed E-state index contributed by atoms with van der Waals surface area (Å²) in [4.78, 5) is 6.93. The topological polar surface area (TPSA) is 70.8 Å². The van der Waals surface area contributed by atoms with Gasteiger partial charge in [-0.1, -0.05) is 24.3 Å². The highest BCUT2D eigenvalue weighted by Gasteiger charge is 2.30. The Morgan fingerprint density at radius 1 is 1.20 bits per heavy atom. The molecule has 2 heterocycles. The van der Waals surface area contributed by atoms with Crippen LogP contribution in [0.1, 0.15) is 35.7 Å². The van der Waals surface area contributed by atoms with Crippen molar-refractivity contribution in [2.75, 3.05) is 18.0 Å². The van der Waals surface area contributed by atoms with E-state index < -0.39 is 0 Å². The third kappa shape index (κ3) is 1.89. The van der Waals surface area contributed by atoms with Crippen LogP contribution in [0.2, 0.25) is 0 Å². The number of nitrogens with one attached hydrogen (secondary N) is 1. The van der Waals surface area contributed by atoms with Gasteiger partial charge in [0.1, 0.15) is 5.82 Å². The zero-order valence-electron chi connectivity index (χ0n) is 11.4. The molecule has 4 rings (SSSR count). The number of hydrogen-bond donors (Lipinski definition) is 2. The Labute approximate surface area is 118 Å². The second-order valence-corrected chi connectivity index (χ2v) is 5.80. The minimum Gasteiger partial charge on any atom is -0.339 e. The van der Waals surface area contributed by atoms with Crippen LogP contribution in [0.25, 0.3) is 0 Å². The molecule has 0 spiro atoms. The Balaban J connectivity index is 1.52. The minimum absolute atomic E-state index is 0.336. The first-order valence-electron chi connectivity index (χ1n) is 7.32. The van der Waals surface area contributed by atoms with Crippen molar-refractivity contribution in [1.82, 2.24) is 15.2 Å². The van der Waals surface area contributed by atoms with Crippen LogP contribution in [-0.2, 0) is 6.42 Å². The largest absolute Gasteiger partial charge is 0.339 e. The van der Waals surface area contributed by atoms with Crippen molar-refractivity contribution in [2.24, 2.45) is 5.73 Å². The normalized spacial score (nSPS) is 22.4. The Kier molecular flexibility index (Phi) is 2.73. The van der Waals surface area contributed by atoms with Crippen molar-refractivity contribution in [1.29, 1.82) is 0 Å². The van der Waals surface area contributed by atoms with E-state index in [0.29, 0.717) is 12.0 Å². The molecule has 0 amide bonds. The van der Waals surface area contributed by atoms with Crippen LogP contribution < -0.4 is 10.6 Å². The summed E-state index contributed by atoms with van der Waals surface area (Å²) < 4.78 is 0. The molecule has 1 aromatic heterocycles. The van der Waals surface area contributed by atoms with Crippen LogP contribution in [0.3, 0.4) is 0 Å². The number of fused-ring (bicyclic) bond motifs is 1. The average Bonchev–Trinajstić information content (AvgIpc) is 2.90. The lowest BCUT2D eigenvalue weighted by molar-refractivity contribution is 0.496. The predicted octanol–water partition coefficient (Wildman–Crippen LogP) is 1.42. The fraction of sp³-hybridized carbons (Fsp3) is 0.467. The number of piperidine rings is 1. The van der Waals surface area contributed by atoms with Crippen molar-refractivity contribution in [3.63, 3.8) is 0 Å². The molecule has 1 aliphatic heterocycles. The van der Waals surface area contributed by atoms with Crippen LogP contribution in [0.4, 0.5) is 5.95 Å². The van der Waals surface area contributed by atoms with Gasteiger partial charge in [-0.15, -0.1) is 5.10 Å². The number of nitrogens with zero attached hydrogens (tertiary/aromatic N) is 3. The number of aromatic nitrogens is 3. The van der Waals surface area contributed by atoms with Gasteiger partial charge in [-0.2, -0.15) is 4.98 Å². The number of rotatable bonds is 2. The van der Waals surface area contributed by atoms with E-state index in [4.69, 9.17) is 10.7 Å². The first kappa shape index (κ1) is 11.9. The van der Waals surface area contributed by atoms with E-state index in [2.05, 4.69) is 39.4 Å². The van der Waals surface area contributed by atoms with Crippen LogP contribution in [-0.4, -0.2) is 34.3 Å². The highest BCUT2D eigenvalue weighted by Crippen LogP contribution is 2.38. The molecule has 0 saturated carbocycles. The quantitative estimate of drug-likeness (QED) is 0.865. The van der Waals surface area contributed by atoms with E-state index in [9.17, 15) is 0 Å². The molecular formula is C15H19N5. The lowest BCUT2D eigenvalue weighted by Gasteiger charge is -2.29. The van der Waals surface area contributed by atoms with Gasteiger partial charge >= 0.3 is 0 Å². The molecular weight excluding hydrogens is 250 g/mol. The number of hydrogen-bond acceptors (Lipinski definition) is 4. The summed E-state index contributed by atoms with van der Waals surface area (Å²) >= 11 is 0. The van der Waals surface area contributed by atoms with E-state index in [0.717, 1.165) is 44.1 Å². The highest BCUT2D eigenvalue weighted by atomic mass is 15.4. The fourth-order valence-corrected chi connectivity index (χ4v) is 3.16. The molecule has 2 aliphatic rings. The monoisotopic (exact) mass is 269 g/mol. The average molecular weight is 269 g/mol. The van der Waals surface area contributed by atoms with Gasteiger partial charge in [-0.3, -0.25) is 5.10 Å². The Morgan fingerprint density at radius 3 is 2.80 bits per heavy atom. The van der Waals surface area contributed by atoms with Crippen LogP contribution in [0, 0.1) is 0 Å². The van der Waals surface area contributed by atoms with Crippen molar-refractivity contribution in [2.45, 2.75) is 31.2 Å². The molecule has 1 saturated heterocycles. The molecule has 0 radical (unpaired) electrons. The van der Waals surface area contributed by atoms with Gasteiger partial charge in [0.15, 0.2) is 0 Å². The van der Waals surface area contributed by atoms with Gasteiger partial charge in [0.05, 0.1) is 0 Å². The zero-order valence-corrected chi connectivity index (χ0v) is 11.4. The SMILES string of the molecule is NC1CCN(c2n[nH]c(C3Cc4ccccc43)n2)CC1. The number of anilines is 1. The van der Waals surface area contributed by atoms with E-state index in [-0.39, 0.29) is 0 Å². The second-order valence-electron chi connectivity index (χ2n) is 5.80. The molecule has 1 aromatic carbocycles. The third-order valence-corrected chi connectivity index (χ3v) is 4.50. The van der Waals surface area contributed by atoms with Gasteiger partial charge in [0, 0.05) is 25.0 Å². The molecule has 0 bridgehead atoms. The molecule has 1 atom stereocenters. The smallest absolute Gasteiger partial charge is 0.244 e. The lowest BCUT2D eigenvalue weighted by Crippen LogP contribution is -2.40. The van der Waals surface area contributed by atoms with Gasteiger partial charge in [0.2, 0.25) is 5.95 Å². The molecule has 1 aliphatic carbocycles. The summed E-state index contributed by atoms with van der Waals surface area (Å²) in [6.07, 6.45) is 3.11. The third-order valence-electron chi connectivity index (χ3n) is 4.50. The van der Waals surface area contributed by atoms with Gasteiger partial charge in [-0.25, -0.2) is 0 Å². The first-order chi connectivity index (χ1) is 9.81. The first-order valence-corrected chi connectivity index (χ1v) is 7.32. The summed E-state index contributed by atoms with van der Waals surface area (Å²) in [5, 5.41) is 7.51. The van der Waals surface area contributed by atoms with E-state index in [1.165, 1.54) is 11.1 Å². The maximum atomic E-state index is 5.94. The number of H-pyrrole nitrogens is 1. The van der Waals surface area contributed by atoms with Gasteiger partial charge in [0.25, 0.3) is 0 Å². The summed E-state index contributed by atoms with van der Waals surface area (Å²) in [6.45, 7) is 1.92. The molecule has 5 heteroatoms. The summed E-state index contributed by atoms with van der Waals surface area (Å²) in [7, 11) is 0. The summed E-state index contributed by atoms with van der Waals surface area (Å²) in [5.41, 5.74) is 8.75. The molecule has 1 unspecified atom stereocenters. The predicted molar refractivity (Wildman–Crippen MR) is 77.8 cm³/mol. The number of aromatic amines is 1. The van der Waals surface area contributed by atoms with E-state index in [1.807, 2.05) is 0 Å². The van der Waals surface area contributed by atoms with Gasteiger partial charge < -0.3 is 10.6 Å². The maximum absolute atomic E-state index is 5.94. The summed E-state index contributed by atoms with van der Waals surface area (Å²) in [6, 6.07) is 8.90. The van der Waals surface area contributed by atoms with Crippen LogP contribution in [0.5, 0.6) is 0 Å². The number of benzene rings is 1. The summed E-state index contributed by atoms with van der Waals surface area (Å²) in [5.74, 6) is 2.21. The lowest BCUT2D eigenvalue weighted by atomic mass is 9.77. The highest BCUT2D eigenvalue weighted by molar-refractivity contribution is 5.45. The van der Waals surface area contributed by atoms with Crippen molar-refractivity contribution in [3.8, 4) is 0 Å². The standard InChI is InChI=1S/C15H19N5/c16-11-5-7-20(8-6-11)15-17-14(18-19-15)13-9-10-3-1-2-4-12(10)13/h1-4,11,13H,5-9,16H2,(H,17,18,19). The molecule has 3 N–H and O–H groups in total. The zero-order chi connectivity index (χ0) is 13.5. The Morgan fingerprint density at radius 2 is 2.00 bits per heavy atom. The molecule has 2 aromatic rings. The minimum atomic E-state index is 0.336. The van der Waals surface area contributed by atoms with Crippen molar-refractivity contribution < 1.29 is 0 Å². The molecule has 104 valence electrons. The Bertz CT molecular complexity index is 612. The molecule has 20 heavy (non-hydrogen) atoms. The maximum Gasteiger partial charge on any atom is 0.244 e. The van der Waals surface area contributed by atoms with E-state index in [1.54, 1.807) is 0 Å². The van der Waals surface area contributed by atoms with Crippen molar-refractivity contribution >= 4 is 5.95 Å². The molecule has 1 fully saturated rings. The van der Waals surface area contributed by atoms with Crippen molar-refractivity contribution in [3.05, 3.63) is 41.2 Å². The fourth-order valence-electron chi connectivity index (χ4n) is 3.16. The van der Waals surface area contributed by atoms with E-state index >= 15 is 0 Å². The Hall–Kier alpha value is -1.88. The van der Waals surface area contributed by atoms with Crippen LogP contribution in [0.15, 0.2) is 24.3 Å². The van der Waals surface area contributed by atoms with Gasteiger partial charge in [-0.05, 0) is 30.4 Å².